The maximum atomic E-state index is 14.1. The molecular weight excluding hydrogens is 538 g/mol. The van der Waals surface area contributed by atoms with E-state index in [1.54, 1.807) is 25.5 Å². The Hall–Kier alpha value is -4.37. The number of aromatic nitrogens is 2. The first-order valence-electron chi connectivity index (χ1n) is 13.5. The topological polar surface area (TPSA) is 84.0 Å². The summed E-state index contributed by atoms with van der Waals surface area (Å²) in [6, 6.07) is 16.7. The molecule has 0 saturated carbocycles. The van der Waals surface area contributed by atoms with Crippen LogP contribution in [-0.4, -0.2) is 35.4 Å². The Morgan fingerprint density at radius 2 is 1.78 bits per heavy atom. The third kappa shape index (κ3) is 5.13. The third-order valence-electron chi connectivity index (χ3n) is 7.12. The number of esters is 1. The Balaban J connectivity index is 1.69. The predicted octanol–water partition coefficient (Wildman–Crippen LogP) is 4.61. The number of methoxy groups -OCH3 is 1. The molecule has 1 aliphatic heterocycles. The molecule has 9 heteroatoms. The van der Waals surface area contributed by atoms with Gasteiger partial charge in [-0.2, -0.15) is 0 Å². The molecule has 0 bridgehead atoms. The van der Waals surface area contributed by atoms with Crippen LogP contribution in [0.3, 0.4) is 0 Å². The highest BCUT2D eigenvalue weighted by Crippen LogP contribution is 2.36. The van der Waals surface area contributed by atoms with E-state index in [4.69, 9.17) is 19.2 Å². The van der Waals surface area contributed by atoms with Crippen molar-refractivity contribution in [3.63, 3.8) is 0 Å². The van der Waals surface area contributed by atoms with Gasteiger partial charge in [0, 0.05) is 22.6 Å². The zero-order chi connectivity index (χ0) is 29.3. The lowest BCUT2D eigenvalue weighted by Crippen LogP contribution is -2.40. The number of rotatable bonds is 8. The molecular formula is C32H33N3O5S. The number of thiazole rings is 1. The highest BCUT2D eigenvalue weighted by Gasteiger charge is 2.35. The van der Waals surface area contributed by atoms with E-state index < -0.39 is 12.0 Å². The number of allylic oxidation sites excluding steroid dienone is 1. The first-order chi connectivity index (χ1) is 19.8. The number of carbonyl (C=O) groups excluding carboxylic acids is 1. The van der Waals surface area contributed by atoms with Crippen molar-refractivity contribution in [1.82, 2.24) is 9.13 Å². The molecule has 0 N–H and O–H groups in total. The van der Waals surface area contributed by atoms with Crippen LogP contribution < -0.4 is 24.4 Å². The van der Waals surface area contributed by atoms with Crippen LogP contribution in [0, 0.1) is 13.8 Å². The first-order valence-corrected chi connectivity index (χ1v) is 14.3. The van der Waals surface area contributed by atoms with Crippen LogP contribution in [0.1, 0.15) is 49.3 Å². The summed E-state index contributed by atoms with van der Waals surface area (Å²) in [6.45, 7) is 10.2. The van der Waals surface area contributed by atoms with E-state index >= 15 is 0 Å². The maximum absolute atomic E-state index is 14.1. The molecule has 212 valence electrons. The van der Waals surface area contributed by atoms with Gasteiger partial charge in [-0.25, -0.2) is 9.79 Å². The fraction of sp³-hybridized carbons (Fsp3) is 0.281. The molecule has 1 aliphatic rings. The fourth-order valence-electron chi connectivity index (χ4n) is 5.28. The van der Waals surface area contributed by atoms with Crippen LogP contribution >= 0.6 is 11.3 Å². The zero-order valence-corrected chi connectivity index (χ0v) is 24.9. The Labute approximate surface area is 242 Å². The van der Waals surface area contributed by atoms with Crippen molar-refractivity contribution in [2.24, 2.45) is 4.99 Å². The van der Waals surface area contributed by atoms with Gasteiger partial charge < -0.3 is 18.8 Å². The van der Waals surface area contributed by atoms with Crippen molar-refractivity contribution in [3.05, 3.63) is 108 Å². The summed E-state index contributed by atoms with van der Waals surface area (Å²) in [4.78, 5) is 32.5. The van der Waals surface area contributed by atoms with E-state index in [0.29, 0.717) is 38.5 Å². The monoisotopic (exact) mass is 571 g/mol. The highest BCUT2D eigenvalue weighted by atomic mass is 32.1. The number of nitrogens with zero attached hydrogens (tertiary/aromatic N) is 3. The van der Waals surface area contributed by atoms with Gasteiger partial charge in [0.25, 0.3) is 5.56 Å². The average Bonchev–Trinajstić information content (AvgIpc) is 3.42. The van der Waals surface area contributed by atoms with Crippen molar-refractivity contribution in [2.45, 2.75) is 40.7 Å². The summed E-state index contributed by atoms with van der Waals surface area (Å²) < 4.78 is 20.9. The Morgan fingerprint density at radius 3 is 2.46 bits per heavy atom. The van der Waals surface area contributed by atoms with Gasteiger partial charge in [-0.05, 0) is 82.7 Å². The predicted molar refractivity (Wildman–Crippen MR) is 160 cm³/mol. The fourth-order valence-corrected chi connectivity index (χ4v) is 6.32. The summed E-state index contributed by atoms with van der Waals surface area (Å²) in [6.07, 6.45) is 1.90. The van der Waals surface area contributed by atoms with Gasteiger partial charge in [-0.15, -0.1) is 0 Å². The second kappa shape index (κ2) is 11.6. The van der Waals surface area contributed by atoms with Gasteiger partial charge in [0.15, 0.2) is 4.80 Å². The lowest BCUT2D eigenvalue weighted by molar-refractivity contribution is -0.139. The lowest BCUT2D eigenvalue weighted by Gasteiger charge is -2.26. The van der Waals surface area contributed by atoms with E-state index in [1.165, 1.54) is 11.3 Å². The minimum absolute atomic E-state index is 0.212. The van der Waals surface area contributed by atoms with Gasteiger partial charge in [0.1, 0.15) is 17.5 Å². The van der Waals surface area contributed by atoms with Crippen molar-refractivity contribution in [2.75, 3.05) is 20.3 Å². The quantitative estimate of drug-likeness (QED) is 0.289. The van der Waals surface area contributed by atoms with Crippen molar-refractivity contribution in [1.29, 1.82) is 0 Å². The Morgan fingerprint density at radius 1 is 1.05 bits per heavy atom. The molecule has 0 amide bonds. The number of ether oxygens (including phenoxy) is 3. The molecule has 0 aliphatic carbocycles. The largest absolute Gasteiger partial charge is 0.497 e. The second-order valence-electron chi connectivity index (χ2n) is 9.63. The minimum atomic E-state index is -0.734. The van der Waals surface area contributed by atoms with E-state index in [-0.39, 0.29) is 12.2 Å². The van der Waals surface area contributed by atoms with Gasteiger partial charge in [0.2, 0.25) is 0 Å². The minimum Gasteiger partial charge on any atom is -0.497 e. The van der Waals surface area contributed by atoms with Crippen molar-refractivity contribution < 1.29 is 19.0 Å². The Kier molecular flexibility index (Phi) is 7.99. The van der Waals surface area contributed by atoms with E-state index in [0.717, 1.165) is 28.4 Å². The summed E-state index contributed by atoms with van der Waals surface area (Å²) in [5, 5.41) is 0. The highest BCUT2D eigenvalue weighted by molar-refractivity contribution is 7.07. The normalized spacial score (nSPS) is 15.0. The van der Waals surface area contributed by atoms with Gasteiger partial charge in [-0.1, -0.05) is 29.5 Å². The molecule has 0 radical (unpaired) electrons. The number of para-hydroxylation sites is 1. The Bertz CT molecular complexity index is 1830. The number of benzene rings is 2. The zero-order valence-electron chi connectivity index (χ0n) is 24.1. The lowest BCUT2D eigenvalue weighted by atomic mass is 9.95. The van der Waals surface area contributed by atoms with Crippen molar-refractivity contribution >= 4 is 23.4 Å². The average molecular weight is 572 g/mol. The first kappa shape index (κ1) is 28.2. The number of aryl methyl sites for hydroxylation is 1. The van der Waals surface area contributed by atoms with E-state index in [1.807, 2.05) is 75.4 Å². The second-order valence-corrected chi connectivity index (χ2v) is 10.6. The number of hydrogen-bond donors (Lipinski definition) is 0. The van der Waals surface area contributed by atoms with Crippen LogP contribution in [0.4, 0.5) is 0 Å². The number of fused-ring (bicyclic) bond motifs is 1. The summed E-state index contributed by atoms with van der Waals surface area (Å²) in [7, 11) is 1.65. The molecule has 1 atom stereocenters. The van der Waals surface area contributed by atoms with Crippen LogP contribution in [0.5, 0.6) is 11.5 Å². The third-order valence-corrected chi connectivity index (χ3v) is 8.10. The van der Waals surface area contributed by atoms with Crippen LogP contribution in [0.15, 0.2) is 75.7 Å². The van der Waals surface area contributed by atoms with E-state index in [9.17, 15) is 9.59 Å². The van der Waals surface area contributed by atoms with Gasteiger partial charge in [0.05, 0.1) is 36.1 Å². The molecule has 0 saturated heterocycles. The standard InChI is InChI=1S/C32H33N3O5S/c1-7-39-26-12-10-9-11-25(26)29-28(31(37)40-8-2)20(4)33-32-35(29)30(36)27(41-32)18-22-17-19(3)34(21(22)5)23-13-15-24(38-6)16-14-23/h9-18,29H,7-8H2,1-6H3/b27-18-/t29-/m0/s1. The maximum Gasteiger partial charge on any atom is 0.338 e. The summed E-state index contributed by atoms with van der Waals surface area (Å²) >= 11 is 1.31. The molecule has 41 heavy (non-hydrogen) atoms. The van der Waals surface area contributed by atoms with Crippen molar-refractivity contribution in [3.8, 4) is 17.2 Å². The van der Waals surface area contributed by atoms with Gasteiger partial charge in [-0.3, -0.25) is 9.36 Å². The molecule has 5 rings (SSSR count). The molecule has 2 aromatic carbocycles. The summed E-state index contributed by atoms with van der Waals surface area (Å²) in [5.74, 6) is 0.895. The number of carbonyl (C=O) groups is 1. The van der Waals surface area contributed by atoms with E-state index in [2.05, 4.69) is 10.6 Å². The molecule has 2 aromatic heterocycles. The van der Waals surface area contributed by atoms with Crippen LogP contribution in [0.2, 0.25) is 0 Å². The molecule has 8 nitrogen and oxygen atoms in total. The molecule has 0 fully saturated rings. The molecule has 0 unspecified atom stereocenters. The molecule has 4 aromatic rings. The summed E-state index contributed by atoms with van der Waals surface area (Å²) in [5.41, 5.74) is 5.29. The van der Waals surface area contributed by atoms with Crippen LogP contribution in [0.25, 0.3) is 11.8 Å². The van der Waals surface area contributed by atoms with Crippen LogP contribution in [-0.2, 0) is 9.53 Å². The molecule has 0 spiro atoms. The van der Waals surface area contributed by atoms with Gasteiger partial charge >= 0.3 is 5.97 Å². The molecule has 3 heterocycles. The number of hydrogen-bond acceptors (Lipinski definition) is 7. The smallest absolute Gasteiger partial charge is 0.338 e. The SMILES string of the molecule is CCOC(=O)C1=C(C)N=c2s/c(=C\c3cc(C)n(-c4ccc(OC)cc4)c3C)c(=O)n2[C@H]1c1ccccc1OCC.